The zero-order valence-electron chi connectivity index (χ0n) is 19.2. The van der Waals surface area contributed by atoms with Crippen LogP contribution < -0.4 is 5.32 Å². The fraction of sp³-hybridized carbons (Fsp3) is 0.696. The zero-order valence-corrected chi connectivity index (χ0v) is 20.7. The molecule has 33 heavy (non-hydrogen) atoms. The summed E-state index contributed by atoms with van der Waals surface area (Å²) in [6.45, 7) is 6.54. The Hall–Kier alpha value is -1.23. The van der Waals surface area contributed by atoms with E-state index in [-0.39, 0.29) is 17.3 Å². The SMILES string of the molecule is O=C(CN1CCN(CC2CCCCC2)CC1)Nc1cc(S(=O)(=O)N2CCOCC2)ccc1Cl. The maximum Gasteiger partial charge on any atom is 0.243 e. The summed E-state index contributed by atoms with van der Waals surface area (Å²) < 4.78 is 32.5. The molecule has 0 aromatic heterocycles. The number of hydrogen-bond acceptors (Lipinski definition) is 6. The molecule has 0 radical (unpaired) electrons. The van der Waals surface area contributed by atoms with Crippen molar-refractivity contribution in [2.45, 2.75) is 37.0 Å². The van der Waals surface area contributed by atoms with E-state index in [1.165, 1.54) is 61.2 Å². The number of halogens is 1. The van der Waals surface area contributed by atoms with Crippen LogP contribution in [0.15, 0.2) is 23.1 Å². The van der Waals surface area contributed by atoms with Crippen LogP contribution in [-0.4, -0.2) is 94.0 Å². The molecule has 1 aromatic carbocycles. The normalized spacial score (nSPS) is 22.3. The molecule has 2 saturated heterocycles. The first-order valence-electron chi connectivity index (χ1n) is 12.0. The van der Waals surface area contributed by atoms with E-state index in [1.54, 1.807) is 0 Å². The van der Waals surface area contributed by atoms with E-state index in [1.807, 2.05) is 0 Å². The lowest BCUT2D eigenvalue weighted by molar-refractivity contribution is -0.117. The van der Waals surface area contributed by atoms with Crippen molar-refractivity contribution in [3.05, 3.63) is 23.2 Å². The first kappa shape index (κ1) is 24.9. The van der Waals surface area contributed by atoms with Gasteiger partial charge in [0.05, 0.1) is 35.4 Å². The molecule has 1 amide bonds. The highest BCUT2D eigenvalue weighted by Crippen LogP contribution is 2.28. The second-order valence-corrected chi connectivity index (χ2v) is 11.6. The molecular weight excluding hydrogens is 464 g/mol. The average molecular weight is 499 g/mol. The monoisotopic (exact) mass is 498 g/mol. The fourth-order valence-corrected chi connectivity index (χ4v) is 6.55. The summed E-state index contributed by atoms with van der Waals surface area (Å²) in [5.41, 5.74) is 0.326. The fourth-order valence-electron chi connectivity index (χ4n) is 4.95. The number of nitrogens with zero attached hydrogens (tertiary/aromatic N) is 3. The summed E-state index contributed by atoms with van der Waals surface area (Å²) in [4.78, 5) is 17.5. The maximum atomic E-state index is 12.9. The van der Waals surface area contributed by atoms with Crippen molar-refractivity contribution in [1.29, 1.82) is 0 Å². The molecule has 0 bridgehead atoms. The second kappa shape index (κ2) is 11.5. The molecule has 1 saturated carbocycles. The van der Waals surface area contributed by atoms with E-state index in [2.05, 4.69) is 15.1 Å². The molecule has 0 unspecified atom stereocenters. The van der Waals surface area contributed by atoms with Crippen LogP contribution in [0, 0.1) is 5.92 Å². The summed E-state index contributed by atoms with van der Waals surface area (Å²) in [6, 6.07) is 4.45. The van der Waals surface area contributed by atoms with Gasteiger partial charge in [-0.2, -0.15) is 4.31 Å². The third-order valence-corrected chi connectivity index (χ3v) is 9.12. The molecule has 1 aliphatic carbocycles. The van der Waals surface area contributed by atoms with Gasteiger partial charge in [-0.3, -0.25) is 9.69 Å². The van der Waals surface area contributed by atoms with Gasteiger partial charge in [-0.25, -0.2) is 8.42 Å². The van der Waals surface area contributed by atoms with Gasteiger partial charge in [0.25, 0.3) is 0 Å². The van der Waals surface area contributed by atoms with Gasteiger partial charge >= 0.3 is 0 Å². The van der Waals surface area contributed by atoms with Crippen molar-refractivity contribution in [3.8, 4) is 0 Å². The summed E-state index contributed by atoms with van der Waals surface area (Å²) in [7, 11) is -3.66. The number of nitrogens with one attached hydrogen (secondary N) is 1. The summed E-state index contributed by atoms with van der Waals surface area (Å²) in [5, 5.41) is 3.14. The number of hydrogen-bond donors (Lipinski definition) is 1. The van der Waals surface area contributed by atoms with Gasteiger partial charge in [-0.15, -0.1) is 0 Å². The Morgan fingerprint density at radius 1 is 1.00 bits per heavy atom. The highest BCUT2D eigenvalue weighted by Gasteiger charge is 2.27. The lowest BCUT2D eigenvalue weighted by Gasteiger charge is -2.37. The van der Waals surface area contributed by atoms with E-state index in [4.69, 9.17) is 16.3 Å². The molecule has 3 aliphatic rings. The van der Waals surface area contributed by atoms with Crippen LogP contribution in [0.2, 0.25) is 5.02 Å². The Morgan fingerprint density at radius 3 is 2.36 bits per heavy atom. The zero-order chi connectivity index (χ0) is 23.3. The molecule has 0 spiro atoms. The Kier molecular flexibility index (Phi) is 8.64. The van der Waals surface area contributed by atoms with Crippen LogP contribution in [0.3, 0.4) is 0 Å². The van der Waals surface area contributed by atoms with Gasteiger partial charge in [0, 0.05) is 45.8 Å². The van der Waals surface area contributed by atoms with Gasteiger partial charge < -0.3 is 15.0 Å². The number of morpholine rings is 1. The third-order valence-electron chi connectivity index (χ3n) is 6.89. The Bertz CT molecular complexity index is 909. The van der Waals surface area contributed by atoms with Crippen LogP contribution in [0.5, 0.6) is 0 Å². The molecular formula is C23H35ClN4O4S. The third kappa shape index (κ3) is 6.68. The molecule has 184 valence electrons. The first-order chi connectivity index (χ1) is 15.9. The van der Waals surface area contributed by atoms with E-state index in [9.17, 15) is 13.2 Å². The van der Waals surface area contributed by atoms with E-state index < -0.39 is 10.0 Å². The molecule has 8 nitrogen and oxygen atoms in total. The summed E-state index contributed by atoms with van der Waals surface area (Å²) >= 11 is 6.27. The largest absolute Gasteiger partial charge is 0.379 e. The minimum atomic E-state index is -3.66. The van der Waals surface area contributed by atoms with Gasteiger partial charge in [0.1, 0.15) is 0 Å². The highest BCUT2D eigenvalue weighted by molar-refractivity contribution is 7.89. The van der Waals surface area contributed by atoms with Crippen molar-refractivity contribution in [2.75, 3.05) is 70.9 Å². The molecule has 0 atom stereocenters. The quantitative estimate of drug-likeness (QED) is 0.622. The van der Waals surface area contributed by atoms with Crippen molar-refractivity contribution >= 4 is 33.2 Å². The molecule has 2 heterocycles. The topological polar surface area (TPSA) is 82.2 Å². The number of carbonyl (C=O) groups excluding carboxylic acids is 1. The van der Waals surface area contributed by atoms with Crippen molar-refractivity contribution in [3.63, 3.8) is 0 Å². The maximum absolute atomic E-state index is 12.9. The highest BCUT2D eigenvalue weighted by atomic mass is 35.5. The van der Waals surface area contributed by atoms with Crippen LogP contribution >= 0.6 is 11.6 Å². The predicted octanol–water partition coefficient (Wildman–Crippen LogP) is 2.50. The molecule has 1 N–H and O–H groups in total. The van der Waals surface area contributed by atoms with Gasteiger partial charge in [-0.05, 0) is 37.0 Å². The van der Waals surface area contributed by atoms with Crippen LogP contribution in [0.25, 0.3) is 0 Å². The van der Waals surface area contributed by atoms with Crippen molar-refractivity contribution in [1.82, 2.24) is 14.1 Å². The van der Waals surface area contributed by atoms with Crippen molar-refractivity contribution in [2.24, 2.45) is 5.92 Å². The summed E-state index contributed by atoms with van der Waals surface area (Å²) in [6.07, 6.45) is 6.81. The number of benzene rings is 1. The van der Waals surface area contributed by atoms with Crippen LogP contribution in [0.1, 0.15) is 32.1 Å². The number of ether oxygens (including phenoxy) is 1. The number of piperazine rings is 1. The Balaban J connectivity index is 1.29. The number of sulfonamides is 1. The Labute approximate surface area is 202 Å². The molecule has 3 fully saturated rings. The molecule has 1 aromatic rings. The molecule has 4 rings (SSSR count). The standard InChI is InChI=1S/C23H35ClN4O4S/c24-21-7-6-20(33(30,31)28-12-14-32-15-13-28)16-22(21)25-23(29)18-27-10-8-26(9-11-27)17-19-4-2-1-3-5-19/h6-7,16,19H,1-5,8-15,17-18H2,(H,25,29). The molecule has 10 heteroatoms. The average Bonchev–Trinajstić information content (AvgIpc) is 2.83. The lowest BCUT2D eigenvalue weighted by atomic mass is 9.89. The molecule has 2 aliphatic heterocycles. The summed E-state index contributed by atoms with van der Waals surface area (Å²) in [5.74, 6) is 0.648. The number of amides is 1. The number of rotatable bonds is 7. The predicted molar refractivity (Wildman–Crippen MR) is 129 cm³/mol. The number of carbonyl (C=O) groups is 1. The minimum absolute atomic E-state index is 0.125. The van der Waals surface area contributed by atoms with Gasteiger partial charge in [0.2, 0.25) is 15.9 Å². The van der Waals surface area contributed by atoms with E-state index in [0.29, 0.717) is 37.0 Å². The van der Waals surface area contributed by atoms with Gasteiger partial charge in [0.15, 0.2) is 0 Å². The minimum Gasteiger partial charge on any atom is -0.379 e. The lowest BCUT2D eigenvalue weighted by Crippen LogP contribution is -2.49. The van der Waals surface area contributed by atoms with Gasteiger partial charge in [-0.1, -0.05) is 30.9 Å². The number of anilines is 1. The van der Waals surface area contributed by atoms with Crippen LogP contribution in [-0.2, 0) is 19.6 Å². The first-order valence-corrected chi connectivity index (χ1v) is 13.9. The van der Waals surface area contributed by atoms with Crippen molar-refractivity contribution < 1.29 is 17.9 Å². The van der Waals surface area contributed by atoms with E-state index >= 15 is 0 Å². The Morgan fingerprint density at radius 2 is 1.67 bits per heavy atom. The van der Waals surface area contributed by atoms with Crippen LogP contribution in [0.4, 0.5) is 5.69 Å². The van der Waals surface area contributed by atoms with E-state index in [0.717, 1.165) is 32.1 Å². The smallest absolute Gasteiger partial charge is 0.243 e. The second-order valence-electron chi connectivity index (χ2n) is 9.29.